The number of hydrogen-bond donors (Lipinski definition) is 7. The van der Waals surface area contributed by atoms with Gasteiger partial charge in [0, 0.05) is 13.0 Å². The molecular weight excluding hydrogens is 638 g/mol. The summed E-state index contributed by atoms with van der Waals surface area (Å²) in [6.07, 6.45) is 4.75. The van der Waals surface area contributed by atoms with Crippen LogP contribution in [0.2, 0.25) is 0 Å². The third-order valence-electron chi connectivity index (χ3n) is 9.58. The van der Waals surface area contributed by atoms with Crippen LogP contribution in [0.1, 0.15) is 68.9 Å². The number of rotatable bonds is 19. The third kappa shape index (κ3) is 11.9. The first-order valence-corrected chi connectivity index (χ1v) is 17.8. The average Bonchev–Trinajstić information content (AvgIpc) is 3.94. The topological polar surface area (TPSA) is 223 Å². The molecule has 0 bridgehead atoms. The summed E-state index contributed by atoms with van der Waals surface area (Å²) in [5.74, 6) is -3.04. The second kappa shape index (κ2) is 19.2. The molecule has 1 aliphatic carbocycles. The van der Waals surface area contributed by atoms with Crippen LogP contribution in [0.15, 0.2) is 60.7 Å². The molecule has 6 atom stereocenters. The van der Waals surface area contributed by atoms with Crippen LogP contribution < -0.4 is 33.2 Å². The van der Waals surface area contributed by atoms with Crippen LogP contribution in [0.5, 0.6) is 0 Å². The highest BCUT2D eigenvalue weighted by atomic mass is 16.4. The first kappa shape index (κ1) is 38.5. The monoisotopic (exact) mass is 691 g/mol. The van der Waals surface area contributed by atoms with E-state index in [1.807, 2.05) is 60.7 Å². The van der Waals surface area contributed by atoms with E-state index in [9.17, 15) is 29.1 Å². The van der Waals surface area contributed by atoms with Crippen LogP contribution in [-0.2, 0) is 36.8 Å². The van der Waals surface area contributed by atoms with Gasteiger partial charge in [0.05, 0.1) is 18.1 Å². The maximum atomic E-state index is 13.9. The molecule has 6 unspecified atom stereocenters. The number of nitrogens with zero attached hydrogens (tertiary/aromatic N) is 1. The highest BCUT2D eigenvalue weighted by Crippen LogP contribution is 2.34. The SMILES string of the molecule is NCCCCC(NC(=O)C(CCC1CC1)NC(=O)C(Cc1ccccc1)NC(=O)C(N)Cc1ccccc1)C(=O)N1CCC(C(=O)O)CC1N. The van der Waals surface area contributed by atoms with Crippen LogP contribution in [0.4, 0.5) is 0 Å². The lowest BCUT2D eigenvalue weighted by Gasteiger charge is -2.38. The van der Waals surface area contributed by atoms with Gasteiger partial charge in [0.2, 0.25) is 23.6 Å². The molecular formula is C37H53N7O6. The molecule has 1 heterocycles. The smallest absolute Gasteiger partial charge is 0.306 e. The van der Waals surface area contributed by atoms with Crippen molar-refractivity contribution in [1.29, 1.82) is 0 Å². The average molecular weight is 692 g/mol. The van der Waals surface area contributed by atoms with E-state index in [2.05, 4.69) is 16.0 Å². The van der Waals surface area contributed by atoms with Gasteiger partial charge in [0.15, 0.2) is 0 Å². The van der Waals surface area contributed by atoms with Gasteiger partial charge in [-0.05, 0) is 75.0 Å². The minimum absolute atomic E-state index is 0.119. The molecule has 1 aliphatic heterocycles. The summed E-state index contributed by atoms with van der Waals surface area (Å²) in [6, 6.07) is 14.8. The fourth-order valence-electron chi connectivity index (χ4n) is 6.37. The van der Waals surface area contributed by atoms with E-state index in [-0.39, 0.29) is 38.1 Å². The summed E-state index contributed by atoms with van der Waals surface area (Å²) in [4.78, 5) is 67.9. The largest absolute Gasteiger partial charge is 0.481 e. The maximum absolute atomic E-state index is 13.9. The molecule has 2 aromatic carbocycles. The third-order valence-corrected chi connectivity index (χ3v) is 9.58. The van der Waals surface area contributed by atoms with E-state index in [4.69, 9.17) is 17.2 Å². The molecule has 13 heteroatoms. The minimum atomic E-state index is -1.02. The van der Waals surface area contributed by atoms with Crippen molar-refractivity contribution in [3.05, 3.63) is 71.8 Å². The van der Waals surface area contributed by atoms with Crippen LogP contribution in [-0.4, -0.2) is 83.0 Å². The Hall–Kier alpha value is -4.33. The second-order valence-electron chi connectivity index (χ2n) is 13.6. The molecule has 10 N–H and O–H groups in total. The number of carbonyl (C=O) groups is 5. The van der Waals surface area contributed by atoms with Crippen molar-refractivity contribution in [2.24, 2.45) is 29.0 Å². The van der Waals surface area contributed by atoms with Crippen molar-refractivity contribution in [3.63, 3.8) is 0 Å². The first-order valence-electron chi connectivity index (χ1n) is 17.8. The Kier molecular flexibility index (Phi) is 14.7. The van der Waals surface area contributed by atoms with Gasteiger partial charge in [0.25, 0.3) is 0 Å². The molecule has 13 nitrogen and oxygen atoms in total. The summed E-state index contributed by atoms with van der Waals surface area (Å²) >= 11 is 0. The zero-order valence-corrected chi connectivity index (χ0v) is 28.7. The standard InChI is InChI=1S/C37H53N7O6/c38-19-8-7-13-30(36(48)44-20-18-27(37(49)50)23-32(44)40)42-34(46)29(17-16-24-14-15-24)41-35(47)31(22-26-11-5-2-6-12-26)43-33(45)28(39)21-25-9-3-1-4-10-25/h1-6,9-12,24,27-32H,7-8,13-23,38-40H2,(H,41,47)(H,42,46)(H,43,45)(H,49,50). The van der Waals surface area contributed by atoms with Gasteiger partial charge < -0.3 is 43.2 Å². The van der Waals surface area contributed by atoms with Gasteiger partial charge in [-0.1, -0.05) is 73.5 Å². The van der Waals surface area contributed by atoms with E-state index < -0.39 is 59.9 Å². The number of nitrogens with one attached hydrogen (secondary N) is 3. The Morgan fingerprint density at radius 1 is 0.760 bits per heavy atom. The molecule has 272 valence electrons. The Morgan fingerprint density at radius 2 is 1.34 bits per heavy atom. The quantitative estimate of drug-likeness (QED) is 0.105. The Bertz CT molecular complexity index is 1420. The van der Waals surface area contributed by atoms with Crippen LogP contribution in [0, 0.1) is 11.8 Å². The Balaban J connectivity index is 1.49. The number of carbonyl (C=O) groups excluding carboxylic acids is 4. The number of likely N-dealkylation sites (tertiary alicyclic amines) is 1. The van der Waals surface area contributed by atoms with E-state index in [1.54, 1.807) is 0 Å². The minimum Gasteiger partial charge on any atom is -0.481 e. The number of unbranched alkanes of at least 4 members (excludes halogenated alkanes) is 1. The van der Waals surface area contributed by atoms with Crippen LogP contribution in [0.25, 0.3) is 0 Å². The van der Waals surface area contributed by atoms with Gasteiger partial charge in [-0.15, -0.1) is 0 Å². The molecule has 0 radical (unpaired) electrons. The van der Waals surface area contributed by atoms with Gasteiger partial charge >= 0.3 is 5.97 Å². The zero-order valence-electron chi connectivity index (χ0n) is 28.7. The lowest BCUT2D eigenvalue weighted by atomic mass is 9.93. The van der Waals surface area contributed by atoms with E-state index in [1.165, 1.54) is 4.90 Å². The lowest BCUT2D eigenvalue weighted by Crippen LogP contribution is -2.60. The number of hydrogen-bond acceptors (Lipinski definition) is 8. The van der Waals surface area contributed by atoms with Crippen molar-refractivity contribution in [1.82, 2.24) is 20.9 Å². The molecule has 2 aliphatic rings. The highest BCUT2D eigenvalue weighted by Gasteiger charge is 2.37. The highest BCUT2D eigenvalue weighted by molar-refractivity contribution is 5.95. The molecule has 1 saturated heterocycles. The van der Waals surface area contributed by atoms with E-state index >= 15 is 0 Å². The molecule has 4 rings (SSSR count). The summed E-state index contributed by atoms with van der Waals surface area (Å²) in [5.41, 5.74) is 19.9. The predicted octanol–water partition coefficient (Wildman–Crippen LogP) is 1.18. The number of aliphatic carboxylic acids is 1. The number of benzene rings is 2. The Morgan fingerprint density at radius 3 is 1.92 bits per heavy atom. The first-order chi connectivity index (χ1) is 24.0. The van der Waals surface area contributed by atoms with E-state index in [0.717, 1.165) is 30.4 Å². The number of carboxylic acid groups (broad SMARTS) is 1. The summed E-state index contributed by atoms with van der Waals surface area (Å²) < 4.78 is 0. The Labute approximate surface area is 294 Å². The van der Waals surface area contributed by atoms with Crippen LogP contribution >= 0.6 is 0 Å². The maximum Gasteiger partial charge on any atom is 0.306 e. The van der Waals surface area contributed by atoms with Gasteiger partial charge in [-0.2, -0.15) is 0 Å². The second-order valence-corrected chi connectivity index (χ2v) is 13.6. The molecule has 0 spiro atoms. The fourth-order valence-corrected chi connectivity index (χ4v) is 6.37. The molecule has 2 aromatic rings. The molecule has 4 amide bonds. The molecule has 0 aromatic heterocycles. The molecule has 1 saturated carbocycles. The number of amides is 4. The number of carboxylic acids is 1. The van der Waals surface area contributed by atoms with Gasteiger partial charge in [-0.3, -0.25) is 24.0 Å². The number of nitrogens with two attached hydrogens (primary N) is 3. The summed E-state index contributed by atoms with van der Waals surface area (Å²) in [5, 5.41) is 18.0. The molecule has 2 fully saturated rings. The lowest BCUT2D eigenvalue weighted by molar-refractivity contribution is -0.149. The summed E-state index contributed by atoms with van der Waals surface area (Å²) in [7, 11) is 0. The van der Waals surface area contributed by atoms with Crippen molar-refractivity contribution in [3.8, 4) is 0 Å². The van der Waals surface area contributed by atoms with Crippen molar-refractivity contribution in [2.75, 3.05) is 13.1 Å². The summed E-state index contributed by atoms with van der Waals surface area (Å²) in [6.45, 7) is 0.581. The fraction of sp³-hybridized carbons (Fsp3) is 0.541. The van der Waals surface area contributed by atoms with Crippen molar-refractivity contribution in [2.45, 2.75) is 101 Å². The zero-order chi connectivity index (χ0) is 36.0. The van der Waals surface area contributed by atoms with Crippen LogP contribution in [0.3, 0.4) is 0 Å². The van der Waals surface area contributed by atoms with Gasteiger partial charge in [-0.25, -0.2) is 0 Å². The van der Waals surface area contributed by atoms with Crippen molar-refractivity contribution >= 4 is 29.6 Å². The molecule has 50 heavy (non-hydrogen) atoms. The number of piperidine rings is 1. The van der Waals surface area contributed by atoms with Crippen molar-refractivity contribution < 1.29 is 29.1 Å². The van der Waals surface area contributed by atoms with E-state index in [0.29, 0.717) is 38.1 Å². The predicted molar refractivity (Wildman–Crippen MR) is 189 cm³/mol. The normalized spacial score (nSPS) is 19.8. The van der Waals surface area contributed by atoms with Gasteiger partial charge in [0.1, 0.15) is 18.1 Å².